The van der Waals surface area contributed by atoms with E-state index in [4.69, 9.17) is 0 Å². The molecule has 3 aromatic rings. The summed E-state index contributed by atoms with van der Waals surface area (Å²) in [6.45, 7) is 6.75. The Morgan fingerprint density at radius 2 is 1.55 bits per heavy atom. The fraction of sp³-hybridized carbons (Fsp3) is 0.250. The number of piperazine rings is 1. The van der Waals surface area contributed by atoms with Gasteiger partial charge in [0.2, 0.25) is 0 Å². The number of nitrogens with one attached hydrogen (secondary N) is 1. The molecule has 4 rings (SSSR count). The van der Waals surface area contributed by atoms with E-state index < -0.39 is 11.8 Å². The van der Waals surface area contributed by atoms with Gasteiger partial charge >= 0.3 is 11.8 Å². The third-order valence-electron chi connectivity index (χ3n) is 5.69. The lowest BCUT2D eigenvalue weighted by Gasteiger charge is -2.36. The van der Waals surface area contributed by atoms with Gasteiger partial charge in [0.15, 0.2) is 0 Å². The van der Waals surface area contributed by atoms with Crippen molar-refractivity contribution < 1.29 is 9.59 Å². The van der Waals surface area contributed by atoms with Crippen molar-refractivity contribution in [1.29, 1.82) is 0 Å². The number of amides is 2. The van der Waals surface area contributed by atoms with E-state index in [0.29, 0.717) is 18.8 Å². The molecule has 29 heavy (non-hydrogen) atoms. The second-order valence-corrected chi connectivity index (χ2v) is 7.51. The average molecular weight is 387 g/mol. The fourth-order valence-corrected chi connectivity index (χ4v) is 3.82. The number of hydrogen-bond donors (Lipinski definition) is 1. The first-order chi connectivity index (χ1) is 14.0. The molecule has 5 nitrogen and oxygen atoms in total. The van der Waals surface area contributed by atoms with E-state index in [0.717, 1.165) is 23.9 Å². The third kappa shape index (κ3) is 3.94. The van der Waals surface area contributed by atoms with Crippen molar-refractivity contribution in [1.82, 2.24) is 4.90 Å². The summed E-state index contributed by atoms with van der Waals surface area (Å²) in [4.78, 5) is 29.0. The lowest BCUT2D eigenvalue weighted by atomic mass is 10.1. The van der Waals surface area contributed by atoms with Crippen LogP contribution in [0.4, 0.5) is 11.4 Å². The number of anilines is 2. The van der Waals surface area contributed by atoms with E-state index in [1.54, 1.807) is 4.90 Å². The molecule has 0 aromatic heterocycles. The van der Waals surface area contributed by atoms with Crippen LogP contribution in [0.3, 0.4) is 0 Å². The van der Waals surface area contributed by atoms with Crippen molar-refractivity contribution in [3.8, 4) is 0 Å². The first-order valence-corrected chi connectivity index (χ1v) is 9.93. The smallest absolute Gasteiger partial charge is 0.313 e. The molecule has 5 heteroatoms. The third-order valence-corrected chi connectivity index (χ3v) is 5.69. The number of hydrogen-bond acceptors (Lipinski definition) is 3. The predicted octanol–water partition coefficient (Wildman–Crippen LogP) is 3.74. The Balaban J connectivity index is 1.38. The molecule has 1 aliphatic rings. The summed E-state index contributed by atoms with van der Waals surface area (Å²) < 4.78 is 0. The van der Waals surface area contributed by atoms with Crippen LogP contribution in [0, 0.1) is 13.8 Å². The summed E-state index contributed by atoms with van der Waals surface area (Å²) >= 11 is 0. The standard InChI is InChI=1S/C24H25N3O2/c1-17-6-5-9-22(18(17)2)26-12-14-27(15-13-26)24(29)23(28)25-21-11-10-19-7-3-4-8-20(19)16-21/h3-11,16H,12-15H2,1-2H3,(H,25,28). The summed E-state index contributed by atoms with van der Waals surface area (Å²) in [5.41, 5.74) is 4.37. The van der Waals surface area contributed by atoms with Gasteiger partial charge in [0, 0.05) is 37.6 Å². The number of carbonyl (C=O) groups excluding carboxylic acids is 2. The maximum Gasteiger partial charge on any atom is 0.313 e. The van der Waals surface area contributed by atoms with Crippen molar-refractivity contribution in [3.63, 3.8) is 0 Å². The van der Waals surface area contributed by atoms with Crippen LogP contribution in [0.2, 0.25) is 0 Å². The van der Waals surface area contributed by atoms with Crippen molar-refractivity contribution in [3.05, 3.63) is 71.8 Å². The maximum atomic E-state index is 12.6. The Morgan fingerprint density at radius 3 is 2.31 bits per heavy atom. The summed E-state index contributed by atoms with van der Waals surface area (Å²) in [5, 5.41) is 4.87. The van der Waals surface area contributed by atoms with Gasteiger partial charge in [-0.2, -0.15) is 0 Å². The van der Waals surface area contributed by atoms with Gasteiger partial charge in [-0.3, -0.25) is 9.59 Å². The first-order valence-electron chi connectivity index (χ1n) is 9.93. The number of aryl methyl sites for hydroxylation is 1. The van der Waals surface area contributed by atoms with Crippen LogP contribution < -0.4 is 10.2 Å². The normalized spacial score (nSPS) is 14.1. The van der Waals surface area contributed by atoms with Crippen LogP contribution in [-0.2, 0) is 9.59 Å². The molecule has 0 bridgehead atoms. The molecule has 0 radical (unpaired) electrons. The Labute approximate surface area is 170 Å². The van der Waals surface area contributed by atoms with E-state index in [1.807, 2.05) is 42.5 Å². The lowest BCUT2D eigenvalue weighted by Crippen LogP contribution is -2.51. The number of benzene rings is 3. The zero-order chi connectivity index (χ0) is 20.4. The van der Waals surface area contributed by atoms with Gasteiger partial charge in [-0.15, -0.1) is 0 Å². The van der Waals surface area contributed by atoms with Gasteiger partial charge in [0.05, 0.1) is 0 Å². The molecule has 148 valence electrons. The molecule has 2 amide bonds. The molecule has 0 aliphatic carbocycles. The second-order valence-electron chi connectivity index (χ2n) is 7.51. The molecule has 1 heterocycles. The molecular weight excluding hydrogens is 362 g/mol. The van der Waals surface area contributed by atoms with Gasteiger partial charge in [-0.1, -0.05) is 42.5 Å². The van der Waals surface area contributed by atoms with Crippen LogP contribution >= 0.6 is 0 Å². The minimum atomic E-state index is -0.583. The van der Waals surface area contributed by atoms with Gasteiger partial charge in [0.25, 0.3) is 0 Å². The summed E-state index contributed by atoms with van der Waals surface area (Å²) in [6, 6.07) is 19.9. The largest absolute Gasteiger partial charge is 0.368 e. The Hall–Kier alpha value is -3.34. The molecule has 1 fully saturated rings. The SMILES string of the molecule is Cc1cccc(N2CCN(C(=O)C(=O)Nc3ccc4ccccc4c3)CC2)c1C. The molecule has 3 aromatic carbocycles. The highest BCUT2D eigenvalue weighted by atomic mass is 16.2. The number of fused-ring (bicyclic) bond motifs is 1. The number of carbonyl (C=O) groups is 2. The predicted molar refractivity (Wildman–Crippen MR) is 117 cm³/mol. The van der Waals surface area contributed by atoms with Crippen LogP contribution in [0.1, 0.15) is 11.1 Å². The molecule has 0 atom stereocenters. The van der Waals surface area contributed by atoms with Crippen molar-refractivity contribution in [2.45, 2.75) is 13.8 Å². The highest BCUT2D eigenvalue weighted by Crippen LogP contribution is 2.24. The first kappa shape index (κ1) is 19.0. The minimum absolute atomic E-state index is 0.473. The molecule has 1 saturated heterocycles. The Bertz CT molecular complexity index is 1070. The molecule has 0 saturated carbocycles. The molecule has 0 spiro atoms. The van der Waals surface area contributed by atoms with Gasteiger partial charge in [0.1, 0.15) is 0 Å². The average Bonchev–Trinajstić information content (AvgIpc) is 2.75. The monoisotopic (exact) mass is 387 g/mol. The molecular formula is C24H25N3O2. The van der Waals surface area contributed by atoms with E-state index in [1.165, 1.54) is 16.8 Å². The van der Waals surface area contributed by atoms with Crippen molar-refractivity contribution in [2.24, 2.45) is 0 Å². The van der Waals surface area contributed by atoms with Crippen molar-refractivity contribution in [2.75, 3.05) is 36.4 Å². The Morgan fingerprint density at radius 1 is 0.828 bits per heavy atom. The number of rotatable bonds is 2. The van der Waals surface area contributed by atoms with Gasteiger partial charge in [-0.05, 0) is 53.9 Å². The highest BCUT2D eigenvalue weighted by Gasteiger charge is 2.26. The summed E-state index contributed by atoms with van der Waals surface area (Å²) in [7, 11) is 0. The van der Waals surface area contributed by atoms with Gasteiger partial charge < -0.3 is 15.1 Å². The molecule has 1 aliphatic heterocycles. The zero-order valence-electron chi connectivity index (χ0n) is 16.8. The maximum absolute atomic E-state index is 12.6. The van der Waals surface area contributed by atoms with Crippen LogP contribution in [0.15, 0.2) is 60.7 Å². The quantitative estimate of drug-likeness (QED) is 0.682. The van der Waals surface area contributed by atoms with Crippen molar-refractivity contribution >= 4 is 34.0 Å². The van der Waals surface area contributed by atoms with Crippen LogP contribution in [-0.4, -0.2) is 42.9 Å². The Kier molecular flexibility index (Phi) is 5.21. The zero-order valence-corrected chi connectivity index (χ0v) is 16.8. The fourth-order valence-electron chi connectivity index (χ4n) is 3.82. The minimum Gasteiger partial charge on any atom is -0.368 e. The van der Waals surface area contributed by atoms with E-state index in [2.05, 4.69) is 42.3 Å². The van der Waals surface area contributed by atoms with Crippen LogP contribution in [0.25, 0.3) is 10.8 Å². The van der Waals surface area contributed by atoms with Gasteiger partial charge in [-0.25, -0.2) is 0 Å². The summed E-state index contributed by atoms with van der Waals surface area (Å²) in [6.07, 6.45) is 0. The molecule has 1 N–H and O–H groups in total. The van der Waals surface area contributed by atoms with E-state index >= 15 is 0 Å². The van der Waals surface area contributed by atoms with Crippen LogP contribution in [0.5, 0.6) is 0 Å². The lowest BCUT2D eigenvalue weighted by molar-refractivity contribution is -0.143. The number of nitrogens with zero attached hydrogens (tertiary/aromatic N) is 2. The van der Waals surface area contributed by atoms with E-state index in [-0.39, 0.29) is 0 Å². The topological polar surface area (TPSA) is 52.7 Å². The summed E-state index contributed by atoms with van der Waals surface area (Å²) in [5.74, 6) is -1.06. The van der Waals surface area contributed by atoms with E-state index in [9.17, 15) is 9.59 Å². The highest BCUT2D eigenvalue weighted by molar-refractivity contribution is 6.39. The molecule has 0 unspecified atom stereocenters. The second kappa shape index (κ2) is 7.95.